The molecule has 1 amide bonds. The smallest absolute Gasteiger partial charge is 0.251 e. The quantitative estimate of drug-likeness (QED) is 0.658. The number of nitrogens with zero attached hydrogens (tertiary/aromatic N) is 2. The number of amides is 1. The minimum Gasteiger partial charge on any atom is -0.487 e. The van der Waals surface area contributed by atoms with Gasteiger partial charge in [0, 0.05) is 17.5 Å². The van der Waals surface area contributed by atoms with Crippen molar-refractivity contribution in [3.8, 4) is 5.75 Å². The first-order chi connectivity index (χ1) is 12.6. The number of furan rings is 1. The summed E-state index contributed by atoms with van der Waals surface area (Å²) in [5.41, 5.74) is 3.19. The van der Waals surface area contributed by atoms with E-state index in [1.165, 1.54) is 11.3 Å². The third kappa shape index (κ3) is 4.71. The van der Waals surface area contributed by atoms with Gasteiger partial charge in [0.05, 0.1) is 23.5 Å². The number of benzene rings is 1. The molecule has 0 bridgehead atoms. The predicted octanol–water partition coefficient (Wildman–Crippen LogP) is 3.35. The number of nitrogens with one attached hydrogen (secondary N) is 1. The highest BCUT2D eigenvalue weighted by Gasteiger charge is 2.18. The van der Waals surface area contributed by atoms with Crippen LogP contribution in [-0.2, 0) is 6.61 Å². The molecule has 26 heavy (non-hydrogen) atoms. The van der Waals surface area contributed by atoms with E-state index in [0.29, 0.717) is 24.5 Å². The summed E-state index contributed by atoms with van der Waals surface area (Å²) in [7, 11) is 3.90. The fraction of sp³-hybridized carbons (Fsp3) is 0.263. The second kappa shape index (κ2) is 8.64. The molecule has 3 rings (SSSR count). The molecule has 0 fully saturated rings. The molecule has 1 aromatic carbocycles. The summed E-state index contributed by atoms with van der Waals surface area (Å²) in [5, 5.41) is 4.90. The van der Waals surface area contributed by atoms with Crippen LogP contribution in [0.2, 0.25) is 0 Å². The van der Waals surface area contributed by atoms with E-state index in [0.717, 1.165) is 11.5 Å². The van der Waals surface area contributed by atoms with Crippen LogP contribution in [0.5, 0.6) is 5.75 Å². The number of aromatic nitrogens is 1. The van der Waals surface area contributed by atoms with E-state index >= 15 is 0 Å². The summed E-state index contributed by atoms with van der Waals surface area (Å²) in [6, 6.07) is 10.9. The van der Waals surface area contributed by atoms with Crippen molar-refractivity contribution in [1.29, 1.82) is 0 Å². The molecule has 2 aromatic heterocycles. The van der Waals surface area contributed by atoms with Crippen molar-refractivity contribution in [1.82, 2.24) is 15.2 Å². The van der Waals surface area contributed by atoms with Gasteiger partial charge in [-0.2, -0.15) is 0 Å². The molecule has 1 atom stereocenters. The fourth-order valence-corrected chi connectivity index (χ4v) is 3.05. The Kier molecular flexibility index (Phi) is 6.04. The van der Waals surface area contributed by atoms with Crippen molar-refractivity contribution in [3.63, 3.8) is 0 Å². The Morgan fingerprint density at radius 3 is 2.92 bits per heavy atom. The van der Waals surface area contributed by atoms with Gasteiger partial charge in [-0.3, -0.25) is 9.69 Å². The first-order valence-electron chi connectivity index (χ1n) is 8.21. The molecule has 0 saturated heterocycles. The Morgan fingerprint density at radius 1 is 1.35 bits per heavy atom. The van der Waals surface area contributed by atoms with E-state index in [1.54, 1.807) is 30.0 Å². The van der Waals surface area contributed by atoms with Crippen molar-refractivity contribution in [2.75, 3.05) is 20.6 Å². The summed E-state index contributed by atoms with van der Waals surface area (Å²) < 4.78 is 11.2. The largest absolute Gasteiger partial charge is 0.487 e. The van der Waals surface area contributed by atoms with Gasteiger partial charge in [-0.05, 0) is 44.4 Å². The Morgan fingerprint density at radius 2 is 2.23 bits per heavy atom. The number of carbonyl (C=O) groups excluding carboxylic acids is 1. The molecule has 0 aliphatic rings. The van der Waals surface area contributed by atoms with Gasteiger partial charge in [0.25, 0.3) is 5.91 Å². The molecule has 1 N–H and O–H groups in total. The van der Waals surface area contributed by atoms with Gasteiger partial charge >= 0.3 is 0 Å². The summed E-state index contributed by atoms with van der Waals surface area (Å²) in [5.74, 6) is 1.30. The van der Waals surface area contributed by atoms with Crippen molar-refractivity contribution in [2.24, 2.45) is 0 Å². The van der Waals surface area contributed by atoms with Crippen LogP contribution in [0.3, 0.4) is 0 Å². The highest BCUT2D eigenvalue weighted by molar-refractivity contribution is 7.07. The Balaban J connectivity index is 1.59. The molecule has 0 radical (unpaired) electrons. The molecule has 136 valence electrons. The number of thiazole rings is 1. The van der Waals surface area contributed by atoms with E-state index in [-0.39, 0.29) is 11.9 Å². The van der Waals surface area contributed by atoms with Gasteiger partial charge in [-0.15, -0.1) is 11.3 Å². The zero-order valence-corrected chi connectivity index (χ0v) is 15.5. The molecular weight excluding hydrogens is 350 g/mol. The average Bonchev–Trinajstić information content (AvgIpc) is 3.34. The number of likely N-dealkylation sites (N-methyl/N-ethyl adjacent to an activating group) is 1. The van der Waals surface area contributed by atoms with Crippen LogP contribution in [0, 0.1) is 0 Å². The van der Waals surface area contributed by atoms with Crippen molar-refractivity contribution < 1.29 is 13.9 Å². The summed E-state index contributed by atoms with van der Waals surface area (Å²) in [6.45, 7) is 0.832. The van der Waals surface area contributed by atoms with E-state index in [4.69, 9.17) is 9.15 Å². The van der Waals surface area contributed by atoms with Gasteiger partial charge < -0.3 is 14.5 Å². The zero-order valence-electron chi connectivity index (χ0n) is 14.7. The molecule has 0 saturated carbocycles. The van der Waals surface area contributed by atoms with E-state index < -0.39 is 0 Å². The Labute approximate surface area is 156 Å². The Bertz CT molecular complexity index is 816. The topological polar surface area (TPSA) is 67.6 Å². The molecule has 0 spiro atoms. The highest BCUT2D eigenvalue weighted by Crippen LogP contribution is 2.19. The van der Waals surface area contributed by atoms with Crippen molar-refractivity contribution in [3.05, 3.63) is 70.6 Å². The summed E-state index contributed by atoms with van der Waals surface area (Å²) >= 11 is 1.53. The maximum Gasteiger partial charge on any atom is 0.251 e. The maximum absolute atomic E-state index is 12.5. The molecular formula is C19H21N3O3S. The van der Waals surface area contributed by atoms with Gasteiger partial charge in [-0.25, -0.2) is 4.98 Å². The second-order valence-corrected chi connectivity index (χ2v) is 6.72. The SMILES string of the molecule is CN(C)C(CNC(=O)c1cccc(OCc2cscn2)c1)c1ccco1. The monoisotopic (exact) mass is 371 g/mol. The maximum atomic E-state index is 12.5. The first-order valence-corrected chi connectivity index (χ1v) is 9.15. The molecule has 6 nitrogen and oxygen atoms in total. The van der Waals surface area contributed by atoms with Crippen LogP contribution in [0.1, 0.15) is 27.9 Å². The first kappa shape index (κ1) is 18.2. The van der Waals surface area contributed by atoms with Gasteiger partial charge in [0.1, 0.15) is 18.1 Å². The predicted molar refractivity (Wildman–Crippen MR) is 100 cm³/mol. The fourth-order valence-electron chi connectivity index (χ4n) is 2.50. The molecule has 0 aliphatic carbocycles. The van der Waals surface area contributed by atoms with Crippen LogP contribution < -0.4 is 10.1 Å². The Hall–Kier alpha value is -2.64. The number of rotatable bonds is 8. The van der Waals surface area contributed by atoms with Crippen LogP contribution in [0.25, 0.3) is 0 Å². The van der Waals surface area contributed by atoms with E-state index in [9.17, 15) is 4.79 Å². The van der Waals surface area contributed by atoms with E-state index in [1.807, 2.05) is 42.6 Å². The zero-order chi connectivity index (χ0) is 18.4. The third-order valence-electron chi connectivity index (χ3n) is 3.92. The molecule has 0 aliphatic heterocycles. The summed E-state index contributed by atoms with van der Waals surface area (Å²) in [4.78, 5) is 18.7. The second-order valence-electron chi connectivity index (χ2n) is 6.00. The minimum atomic E-state index is -0.150. The molecule has 1 unspecified atom stereocenters. The number of ether oxygens (including phenoxy) is 1. The minimum absolute atomic E-state index is 0.0296. The molecule has 7 heteroatoms. The van der Waals surface area contributed by atoms with Crippen molar-refractivity contribution in [2.45, 2.75) is 12.6 Å². The number of hydrogen-bond acceptors (Lipinski definition) is 6. The van der Waals surface area contributed by atoms with Gasteiger partial charge in [0.2, 0.25) is 0 Å². The standard InChI is InChI=1S/C19H21N3O3S/c1-22(2)17(18-7-4-8-24-18)10-20-19(23)14-5-3-6-16(9-14)25-11-15-12-26-13-21-15/h3-9,12-13,17H,10-11H2,1-2H3,(H,20,23). The van der Waals surface area contributed by atoms with Crippen LogP contribution >= 0.6 is 11.3 Å². The highest BCUT2D eigenvalue weighted by atomic mass is 32.1. The van der Waals surface area contributed by atoms with Crippen LogP contribution in [-0.4, -0.2) is 36.4 Å². The summed E-state index contributed by atoms with van der Waals surface area (Å²) in [6.07, 6.45) is 1.64. The number of hydrogen-bond donors (Lipinski definition) is 1. The van der Waals surface area contributed by atoms with E-state index in [2.05, 4.69) is 10.3 Å². The lowest BCUT2D eigenvalue weighted by Gasteiger charge is -2.22. The van der Waals surface area contributed by atoms with Crippen LogP contribution in [0.15, 0.2) is 58.0 Å². The lowest BCUT2D eigenvalue weighted by Crippen LogP contribution is -2.34. The van der Waals surface area contributed by atoms with Crippen molar-refractivity contribution >= 4 is 17.2 Å². The lowest BCUT2D eigenvalue weighted by atomic mass is 10.1. The molecule has 2 heterocycles. The lowest BCUT2D eigenvalue weighted by molar-refractivity contribution is 0.0938. The average molecular weight is 371 g/mol. The third-order valence-corrected chi connectivity index (χ3v) is 4.55. The van der Waals surface area contributed by atoms with Gasteiger partial charge in [0.15, 0.2) is 0 Å². The van der Waals surface area contributed by atoms with Crippen LogP contribution in [0.4, 0.5) is 0 Å². The normalized spacial score (nSPS) is 12.1. The molecule has 3 aromatic rings. The van der Waals surface area contributed by atoms with Gasteiger partial charge in [-0.1, -0.05) is 6.07 Å². The number of carbonyl (C=O) groups is 1.